The molecule has 6 heteroatoms. The Bertz CT molecular complexity index is 887. The lowest BCUT2D eigenvalue weighted by molar-refractivity contribution is -0.155. The number of ether oxygens (including phenoxy) is 2. The lowest BCUT2D eigenvalue weighted by Crippen LogP contribution is -2.31. The minimum Gasteiger partial charge on any atom is -0.482 e. The van der Waals surface area contributed by atoms with Crippen LogP contribution in [0.5, 0.6) is 5.75 Å². The van der Waals surface area contributed by atoms with Crippen molar-refractivity contribution < 1.29 is 23.9 Å². The number of hydrogen-bond acceptors (Lipinski definition) is 5. The monoisotopic (exact) mass is 397 g/mol. The molecule has 154 valence electrons. The van der Waals surface area contributed by atoms with Crippen molar-refractivity contribution in [1.82, 2.24) is 0 Å². The number of hydrogen-bond donors (Lipinski definition) is 1. The highest BCUT2D eigenvalue weighted by molar-refractivity contribution is 5.97. The summed E-state index contributed by atoms with van der Waals surface area (Å²) < 4.78 is 10.8. The maximum absolute atomic E-state index is 12.2. The van der Waals surface area contributed by atoms with Gasteiger partial charge in [-0.1, -0.05) is 26.0 Å². The number of nitrogens with one attached hydrogen (secondary N) is 1. The van der Waals surface area contributed by atoms with Gasteiger partial charge in [0, 0.05) is 11.3 Å². The summed E-state index contributed by atoms with van der Waals surface area (Å²) in [5.74, 6) is -0.261. The summed E-state index contributed by atoms with van der Waals surface area (Å²) in [4.78, 5) is 35.6. The Balaban J connectivity index is 1.89. The summed E-state index contributed by atoms with van der Waals surface area (Å²) in [5.41, 5.74) is 3.10. The van der Waals surface area contributed by atoms with E-state index < -0.39 is 18.0 Å². The molecule has 1 amide bonds. The number of Topliss-reactive ketones (excluding diaryl/α,β-unsaturated/α-hetero) is 1. The van der Waals surface area contributed by atoms with Crippen LogP contribution in [0.1, 0.15) is 55.1 Å². The lowest BCUT2D eigenvalue weighted by Gasteiger charge is -2.16. The standard InChI is InChI=1S/C23H27NO5/c1-14(2)20-11-6-15(3)12-21(20)28-13-22(26)29-17(5)23(27)24-19-9-7-18(8-10-19)16(4)25/h6-12,14,17H,13H2,1-5H3,(H,24,27). The molecular formula is C23H27NO5. The van der Waals surface area contributed by atoms with Crippen molar-refractivity contribution in [3.05, 3.63) is 59.2 Å². The van der Waals surface area contributed by atoms with Gasteiger partial charge in [0.15, 0.2) is 18.5 Å². The minimum atomic E-state index is -0.985. The molecule has 2 aromatic carbocycles. The van der Waals surface area contributed by atoms with Gasteiger partial charge in [0.1, 0.15) is 5.75 Å². The largest absolute Gasteiger partial charge is 0.482 e. The summed E-state index contributed by atoms with van der Waals surface area (Å²) in [7, 11) is 0. The van der Waals surface area contributed by atoms with Crippen molar-refractivity contribution in [2.75, 3.05) is 11.9 Å². The number of carbonyl (C=O) groups is 3. The molecule has 29 heavy (non-hydrogen) atoms. The third-order valence-corrected chi connectivity index (χ3v) is 4.37. The second kappa shape index (κ2) is 9.87. The number of carbonyl (C=O) groups excluding carboxylic acids is 3. The molecule has 0 saturated carbocycles. The molecule has 0 aromatic heterocycles. The minimum absolute atomic E-state index is 0.0561. The fourth-order valence-electron chi connectivity index (χ4n) is 2.70. The molecule has 2 aromatic rings. The molecule has 0 aliphatic carbocycles. The molecule has 0 aliphatic heterocycles. The van der Waals surface area contributed by atoms with Crippen molar-refractivity contribution >= 4 is 23.3 Å². The predicted molar refractivity (Wildman–Crippen MR) is 111 cm³/mol. The summed E-state index contributed by atoms with van der Waals surface area (Å²) >= 11 is 0. The predicted octanol–water partition coefficient (Wildman–Crippen LogP) is 4.27. The first kappa shape index (κ1) is 22.1. The average Bonchev–Trinajstić information content (AvgIpc) is 2.66. The van der Waals surface area contributed by atoms with Crippen molar-refractivity contribution in [3.63, 3.8) is 0 Å². The van der Waals surface area contributed by atoms with E-state index in [-0.39, 0.29) is 18.3 Å². The van der Waals surface area contributed by atoms with Crippen LogP contribution in [0.2, 0.25) is 0 Å². The van der Waals surface area contributed by atoms with Crippen molar-refractivity contribution in [2.24, 2.45) is 0 Å². The molecule has 0 spiro atoms. The molecule has 0 fully saturated rings. The van der Waals surface area contributed by atoms with Crippen LogP contribution in [0, 0.1) is 6.92 Å². The fraction of sp³-hybridized carbons (Fsp3) is 0.348. The first-order valence-electron chi connectivity index (χ1n) is 9.52. The molecule has 2 rings (SSSR count). The quantitative estimate of drug-likeness (QED) is 0.531. The summed E-state index contributed by atoms with van der Waals surface area (Å²) in [5, 5.41) is 2.65. The van der Waals surface area contributed by atoms with Crippen molar-refractivity contribution in [3.8, 4) is 5.75 Å². The fourth-order valence-corrected chi connectivity index (χ4v) is 2.70. The first-order valence-corrected chi connectivity index (χ1v) is 9.52. The number of esters is 1. The third-order valence-electron chi connectivity index (χ3n) is 4.37. The van der Waals surface area contributed by atoms with Gasteiger partial charge in [-0.15, -0.1) is 0 Å². The van der Waals surface area contributed by atoms with E-state index in [9.17, 15) is 14.4 Å². The van der Waals surface area contributed by atoms with Crippen LogP contribution in [0.3, 0.4) is 0 Å². The molecular weight excluding hydrogens is 370 g/mol. The Labute approximate surface area is 171 Å². The number of amides is 1. The van der Waals surface area contributed by atoms with E-state index in [2.05, 4.69) is 5.32 Å². The van der Waals surface area contributed by atoms with Crippen molar-refractivity contribution in [1.29, 1.82) is 0 Å². The SMILES string of the molecule is CC(=O)c1ccc(NC(=O)C(C)OC(=O)COc2cc(C)ccc2C(C)C)cc1. The molecule has 1 N–H and O–H groups in total. The molecule has 0 heterocycles. The summed E-state index contributed by atoms with van der Waals surface area (Å²) in [6.45, 7) is 8.72. The van der Waals surface area contributed by atoms with Crippen LogP contribution in [0.15, 0.2) is 42.5 Å². The van der Waals surface area contributed by atoms with E-state index in [1.54, 1.807) is 24.3 Å². The molecule has 0 bridgehead atoms. The Morgan fingerprint density at radius 2 is 1.66 bits per heavy atom. The number of aryl methyl sites for hydroxylation is 1. The van der Waals surface area contributed by atoms with Gasteiger partial charge in [0.2, 0.25) is 0 Å². The zero-order valence-corrected chi connectivity index (χ0v) is 17.4. The van der Waals surface area contributed by atoms with E-state index in [4.69, 9.17) is 9.47 Å². The Hall–Kier alpha value is -3.15. The Morgan fingerprint density at radius 1 is 1.00 bits per heavy atom. The maximum Gasteiger partial charge on any atom is 0.344 e. The first-order chi connectivity index (χ1) is 13.7. The number of rotatable bonds is 8. The summed E-state index contributed by atoms with van der Waals surface area (Å²) in [6, 6.07) is 12.3. The van der Waals surface area contributed by atoms with Gasteiger partial charge in [0.05, 0.1) is 0 Å². The van der Waals surface area contributed by atoms with Gasteiger partial charge in [0.25, 0.3) is 5.91 Å². The van der Waals surface area contributed by atoms with Gasteiger partial charge in [-0.25, -0.2) is 4.79 Å². The van der Waals surface area contributed by atoms with Gasteiger partial charge >= 0.3 is 5.97 Å². The highest BCUT2D eigenvalue weighted by Crippen LogP contribution is 2.27. The van der Waals surface area contributed by atoms with Crippen LogP contribution >= 0.6 is 0 Å². The van der Waals surface area contributed by atoms with E-state index in [1.165, 1.54) is 13.8 Å². The lowest BCUT2D eigenvalue weighted by atomic mass is 10.0. The van der Waals surface area contributed by atoms with Gasteiger partial charge in [-0.2, -0.15) is 0 Å². The van der Waals surface area contributed by atoms with Gasteiger partial charge in [-0.3, -0.25) is 9.59 Å². The average molecular weight is 397 g/mol. The molecule has 0 saturated heterocycles. The van der Waals surface area contributed by atoms with Gasteiger partial charge < -0.3 is 14.8 Å². The van der Waals surface area contributed by atoms with Crippen LogP contribution in [-0.2, 0) is 14.3 Å². The highest BCUT2D eigenvalue weighted by atomic mass is 16.6. The molecule has 1 unspecified atom stereocenters. The normalized spacial score (nSPS) is 11.7. The van der Waals surface area contributed by atoms with E-state index >= 15 is 0 Å². The van der Waals surface area contributed by atoms with Crippen LogP contribution in [0.4, 0.5) is 5.69 Å². The molecule has 0 aliphatic rings. The van der Waals surface area contributed by atoms with E-state index in [0.717, 1.165) is 11.1 Å². The summed E-state index contributed by atoms with van der Waals surface area (Å²) in [6.07, 6.45) is -0.985. The van der Waals surface area contributed by atoms with Gasteiger partial charge in [-0.05, 0) is 68.1 Å². The zero-order chi connectivity index (χ0) is 21.6. The highest BCUT2D eigenvalue weighted by Gasteiger charge is 2.19. The molecule has 6 nitrogen and oxygen atoms in total. The topological polar surface area (TPSA) is 81.7 Å². The van der Waals surface area contributed by atoms with Crippen LogP contribution in [0.25, 0.3) is 0 Å². The molecule has 1 atom stereocenters. The molecule has 0 radical (unpaired) electrons. The second-order valence-electron chi connectivity index (χ2n) is 7.24. The van der Waals surface area contributed by atoms with E-state index in [0.29, 0.717) is 17.0 Å². The second-order valence-corrected chi connectivity index (χ2v) is 7.24. The maximum atomic E-state index is 12.2. The van der Waals surface area contributed by atoms with Crippen LogP contribution < -0.4 is 10.1 Å². The smallest absolute Gasteiger partial charge is 0.344 e. The number of benzene rings is 2. The zero-order valence-electron chi connectivity index (χ0n) is 17.4. The van der Waals surface area contributed by atoms with Crippen molar-refractivity contribution in [2.45, 2.75) is 46.6 Å². The Kier molecular flexibility index (Phi) is 7.53. The van der Waals surface area contributed by atoms with Crippen LogP contribution in [-0.4, -0.2) is 30.4 Å². The van der Waals surface area contributed by atoms with E-state index in [1.807, 2.05) is 39.0 Å². The third kappa shape index (κ3) is 6.45. The number of ketones is 1. The Morgan fingerprint density at radius 3 is 2.24 bits per heavy atom. The number of anilines is 1.